The molecule has 116 valence electrons. The van der Waals surface area contributed by atoms with Gasteiger partial charge in [0.05, 0.1) is 11.8 Å². The van der Waals surface area contributed by atoms with Gasteiger partial charge in [0, 0.05) is 13.3 Å². The zero-order valence-electron chi connectivity index (χ0n) is 13.8. The highest BCUT2D eigenvalue weighted by atomic mass is 16.7. The Morgan fingerprint density at radius 3 is 2.30 bits per heavy atom. The van der Waals surface area contributed by atoms with Crippen molar-refractivity contribution in [1.82, 2.24) is 0 Å². The Balaban J connectivity index is 2.99. The van der Waals surface area contributed by atoms with Crippen molar-refractivity contribution in [3.63, 3.8) is 0 Å². The molecule has 0 aromatic rings. The molecule has 1 heterocycles. The van der Waals surface area contributed by atoms with Gasteiger partial charge < -0.3 is 9.47 Å². The number of ether oxygens (including phenoxy) is 2. The summed E-state index contributed by atoms with van der Waals surface area (Å²) < 4.78 is 10.8. The number of carbonyl (C=O) groups is 2. The SMILES string of the molecule is CCC(C)C(C)(C(=O)OC1(C)CCC(=O)O1)C(C)(C)C. The third kappa shape index (κ3) is 2.99. The predicted molar refractivity (Wildman–Crippen MR) is 76.8 cm³/mol. The average Bonchev–Trinajstić information content (AvgIpc) is 2.65. The van der Waals surface area contributed by atoms with Gasteiger partial charge in [-0.15, -0.1) is 0 Å². The first kappa shape index (κ1) is 17.0. The van der Waals surface area contributed by atoms with E-state index in [2.05, 4.69) is 13.8 Å². The fraction of sp³-hybridized carbons (Fsp3) is 0.875. The molecule has 0 aliphatic carbocycles. The van der Waals surface area contributed by atoms with Gasteiger partial charge in [0.25, 0.3) is 5.79 Å². The molecule has 3 atom stereocenters. The molecule has 0 bridgehead atoms. The maximum Gasteiger partial charge on any atom is 0.315 e. The summed E-state index contributed by atoms with van der Waals surface area (Å²) in [5.74, 6) is -1.51. The second-order valence-electron chi connectivity index (χ2n) is 7.26. The lowest BCUT2D eigenvalue weighted by Crippen LogP contribution is -2.49. The molecular weight excluding hydrogens is 256 g/mol. The fourth-order valence-electron chi connectivity index (χ4n) is 2.70. The number of cyclic esters (lactones) is 1. The highest BCUT2D eigenvalue weighted by molar-refractivity contribution is 5.79. The van der Waals surface area contributed by atoms with Crippen LogP contribution in [0.15, 0.2) is 0 Å². The van der Waals surface area contributed by atoms with Crippen LogP contribution < -0.4 is 0 Å². The first-order chi connectivity index (χ1) is 8.96. The van der Waals surface area contributed by atoms with Crippen LogP contribution in [-0.4, -0.2) is 17.7 Å². The van der Waals surface area contributed by atoms with Gasteiger partial charge in [-0.1, -0.05) is 41.0 Å². The van der Waals surface area contributed by atoms with Gasteiger partial charge in [0.15, 0.2) is 0 Å². The molecular formula is C16H28O4. The van der Waals surface area contributed by atoms with Crippen LogP contribution in [-0.2, 0) is 19.1 Å². The van der Waals surface area contributed by atoms with Crippen LogP contribution in [0, 0.1) is 16.7 Å². The van der Waals surface area contributed by atoms with E-state index in [1.54, 1.807) is 6.92 Å². The number of carbonyl (C=O) groups excluding carboxylic acids is 2. The van der Waals surface area contributed by atoms with Crippen molar-refractivity contribution in [2.24, 2.45) is 16.7 Å². The van der Waals surface area contributed by atoms with Crippen LogP contribution in [0.4, 0.5) is 0 Å². The quantitative estimate of drug-likeness (QED) is 0.739. The lowest BCUT2D eigenvalue weighted by molar-refractivity contribution is -0.222. The number of hydrogen-bond acceptors (Lipinski definition) is 4. The summed E-state index contributed by atoms with van der Waals surface area (Å²) in [6, 6.07) is 0. The lowest BCUT2D eigenvalue weighted by atomic mass is 9.60. The van der Waals surface area contributed by atoms with Crippen molar-refractivity contribution in [3.05, 3.63) is 0 Å². The van der Waals surface area contributed by atoms with E-state index in [9.17, 15) is 9.59 Å². The number of rotatable bonds is 4. The molecule has 1 aliphatic heterocycles. The van der Waals surface area contributed by atoms with E-state index in [0.717, 1.165) is 6.42 Å². The topological polar surface area (TPSA) is 52.6 Å². The summed E-state index contributed by atoms with van der Waals surface area (Å²) in [5, 5.41) is 0. The molecule has 0 aromatic heterocycles. The van der Waals surface area contributed by atoms with Crippen molar-refractivity contribution < 1.29 is 19.1 Å². The molecule has 0 aromatic carbocycles. The Kier molecular flexibility index (Phi) is 4.57. The smallest absolute Gasteiger partial charge is 0.315 e. The maximum absolute atomic E-state index is 12.8. The Morgan fingerprint density at radius 1 is 1.40 bits per heavy atom. The molecule has 0 amide bonds. The molecule has 1 rings (SSSR count). The lowest BCUT2D eigenvalue weighted by Gasteiger charge is -2.45. The Hall–Kier alpha value is -1.06. The summed E-state index contributed by atoms with van der Waals surface area (Å²) >= 11 is 0. The van der Waals surface area contributed by atoms with Gasteiger partial charge in [-0.2, -0.15) is 0 Å². The Labute approximate surface area is 122 Å². The molecule has 1 fully saturated rings. The molecule has 0 N–H and O–H groups in total. The first-order valence-electron chi connectivity index (χ1n) is 7.41. The molecule has 3 unspecified atom stereocenters. The monoisotopic (exact) mass is 284 g/mol. The molecule has 4 heteroatoms. The van der Waals surface area contributed by atoms with Crippen LogP contribution >= 0.6 is 0 Å². The number of hydrogen-bond donors (Lipinski definition) is 0. The molecule has 20 heavy (non-hydrogen) atoms. The largest absolute Gasteiger partial charge is 0.423 e. The average molecular weight is 284 g/mol. The van der Waals surface area contributed by atoms with Gasteiger partial charge in [-0.3, -0.25) is 9.59 Å². The van der Waals surface area contributed by atoms with Crippen LogP contribution in [0.2, 0.25) is 0 Å². The van der Waals surface area contributed by atoms with Crippen molar-refractivity contribution in [3.8, 4) is 0 Å². The van der Waals surface area contributed by atoms with Gasteiger partial charge in [-0.05, 0) is 18.3 Å². The van der Waals surface area contributed by atoms with Crippen LogP contribution in [0.3, 0.4) is 0 Å². The highest BCUT2D eigenvalue weighted by Crippen LogP contribution is 2.48. The zero-order chi connectivity index (χ0) is 15.8. The van der Waals surface area contributed by atoms with E-state index >= 15 is 0 Å². The minimum Gasteiger partial charge on any atom is -0.423 e. The molecule has 0 spiro atoms. The predicted octanol–water partition coefficient (Wildman–Crippen LogP) is 3.68. The fourth-order valence-corrected chi connectivity index (χ4v) is 2.70. The number of esters is 2. The summed E-state index contributed by atoms with van der Waals surface area (Å²) in [6.07, 6.45) is 1.62. The van der Waals surface area contributed by atoms with E-state index in [1.807, 2.05) is 27.7 Å². The van der Waals surface area contributed by atoms with E-state index < -0.39 is 11.2 Å². The highest BCUT2D eigenvalue weighted by Gasteiger charge is 2.52. The zero-order valence-corrected chi connectivity index (χ0v) is 13.8. The van der Waals surface area contributed by atoms with Gasteiger partial charge in [0.2, 0.25) is 0 Å². The second-order valence-corrected chi connectivity index (χ2v) is 7.26. The summed E-state index contributed by atoms with van der Waals surface area (Å²) in [6.45, 7) is 13.9. The van der Waals surface area contributed by atoms with Crippen molar-refractivity contribution in [2.45, 2.75) is 73.5 Å². The minimum atomic E-state index is -1.10. The van der Waals surface area contributed by atoms with Gasteiger partial charge >= 0.3 is 11.9 Å². The summed E-state index contributed by atoms with van der Waals surface area (Å²) in [7, 11) is 0. The molecule has 0 saturated carbocycles. The Morgan fingerprint density at radius 2 is 1.95 bits per heavy atom. The standard InChI is InChI=1S/C16H28O4/c1-8-11(2)16(7,14(3,4)5)13(18)20-15(6)10-9-12(17)19-15/h11H,8-10H2,1-7H3. The van der Waals surface area contributed by atoms with Crippen molar-refractivity contribution in [1.29, 1.82) is 0 Å². The maximum atomic E-state index is 12.8. The third-order valence-electron chi connectivity index (χ3n) is 5.00. The van der Waals surface area contributed by atoms with Gasteiger partial charge in [0.1, 0.15) is 0 Å². The third-order valence-corrected chi connectivity index (χ3v) is 5.00. The first-order valence-corrected chi connectivity index (χ1v) is 7.41. The van der Waals surface area contributed by atoms with E-state index in [1.165, 1.54) is 0 Å². The molecule has 4 nitrogen and oxygen atoms in total. The van der Waals surface area contributed by atoms with Gasteiger partial charge in [-0.25, -0.2) is 0 Å². The second kappa shape index (κ2) is 5.38. The Bertz CT molecular complexity index is 396. The minimum absolute atomic E-state index is 0.177. The normalized spacial score (nSPS) is 27.6. The molecule has 1 saturated heterocycles. The van der Waals surface area contributed by atoms with Crippen LogP contribution in [0.25, 0.3) is 0 Å². The molecule has 0 radical (unpaired) electrons. The van der Waals surface area contributed by atoms with Crippen molar-refractivity contribution in [2.75, 3.05) is 0 Å². The van der Waals surface area contributed by atoms with Crippen LogP contribution in [0.1, 0.15) is 67.7 Å². The molecule has 1 aliphatic rings. The van der Waals surface area contributed by atoms with Crippen LogP contribution in [0.5, 0.6) is 0 Å². The van der Waals surface area contributed by atoms with E-state index in [0.29, 0.717) is 12.8 Å². The van der Waals surface area contributed by atoms with Crippen molar-refractivity contribution >= 4 is 11.9 Å². The summed E-state index contributed by atoms with van der Waals surface area (Å²) in [5.41, 5.74) is -0.863. The summed E-state index contributed by atoms with van der Waals surface area (Å²) in [4.78, 5) is 24.0. The van der Waals surface area contributed by atoms with E-state index in [-0.39, 0.29) is 23.3 Å². The van der Waals surface area contributed by atoms with E-state index in [4.69, 9.17) is 9.47 Å².